The first-order valence-electron chi connectivity index (χ1n) is 6.47. The number of nitrogens with zero attached hydrogens (tertiary/aromatic N) is 1. The van der Waals surface area contributed by atoms with E-state index in [1.54, 1.807) is 6.92 Å². The monoisotopic (exact) mass is 353 g/mol. The lowest BCUT2D eigenvalue weighted by Crippen LogP contribution is -2.23. The van der Waals surface area contributed by atoms with Crippen LogP contribution in [-0.4, -0.2) is 29.1 Å². The molecule has 1 heterocycles. The third kappa shape index (κ3) is 3.87. The van der Waals surface area contributed by atoms with Crippen molar-refractivity contribution in [1.82, 2.24) is 4.98 Å². The molecule has 24 heavy (non-hydrogen) atoms. The Hall–Kier alpha value is -2.52. The number of carboxylic acids is 1. The SMILES string of the molecule is CC/C=C/c1c(C(=O)O)c(C(F)F)nc(C(F)(F)F)c1C(=O)OC. The van der Waals surface area contributed by atoms with Crippen molar-refractivity contribution in [3.05, 3.63) is 34.2 Å². The van der Waals surface area contributed by atoms with Gasteiger partial charge in [-0.3, -0.25) is 0 Å². The van der Waals surface area contributed by atoms with E-state index in [-0.39, 0.29) is 6.42 Å². The van der Waals surface area contributed by atoms with Gasteiger partial charge in [-0.25, -0.2) is 23.4 Å². The van der Waals surface area contributed by atoms with E-state index in [0.717, 1.165) is 13.2 Å². The number of rotatable bonds is 5. The average Bonchev–Trinajstić information content (AvgIpc) is 2.48. The molecule has 0 radical (unpaired) electrons. The minimum absolute atomic E-state index is 0.257. The van der Waals surface area contributed by atoms with Gasteiger partial charge in [0.05, 0.1) is 18.2 Å². The number of methoxy groups -OCH3 is 1. The standard InChI is InChI=1S/C14H12F5NO4/c1-3-4-5-6-7(12(21)22)9(11(15)16)20-10(14(17,18)19)8(6)13(23)24-2/h4-5,11H,3H2,1-2H3,(H,21,22)/b5-4+. The number of carbonyl (C=O) groups is 2. The summed E-state index contributed by atoms with van der Waals surface area (Å²) in [6, 6.07) is 0. The van der Waals surface area contributed by atoms with Gasteiger partial charge < -0.3 is 9.84 Å². The quantitative estimate of drug-likeness (QED) is 0.641. The van der Waals surface area contributed by atoms with Crippen LogP contribution in [-0.2, 0) is 10.9 Å². The highest BCUT2D eigenvalue weighted by Crippen LogP contribution is 2.37. The van der Waals surface area contributed by atoms with E-state index in [0.29, 0.717) is 0 Å². The smallest absolute Gasteiger partial charge is 0.434 e. The van der Waals surface area contributed by atoms with Crippen LogP contribution in [0.25, 0.3) is 6.08 Å². The van der Waals surface area contributed by atoms with E-state index in [1.807, 2.05) is 0 Å². The normalized spacial score (nSPS) is 12.0. The van der Waals surface area contributed by atoms with E-state index >= 15 is 0 Å². The molecule has 0 spiro atoms. The van der Waals surface area contributed by atoms with Crippen molar-refractivity contribution >= 4 is 18.0 Å². The Kier molecular flexibility index (Phi) is 5.99. The van der Waals surface area contributed by atoms with Crippen molar-refractivity contribution in [1.29, 1.82) is 0 Å². The molecule has 0 fully saturated rings. The van der Waals surface area contributed by atoms with Crippen LogP contribution in [0.5, 0.6) is 0 Å². The number of hydrogen-bond donors (Lipinski definition) is 1. The number of pyridine rings is 1. The number of carboxylic acid groups (broad SMARTS) is 1. The van der Waals surface area contributed by atoms with E-state index in [2.05, 4.69) is 9.72 Å². The first-order chi connectivity index (χ1) is 11.1. The fraction of sp³-hybridized carbons (Fsp3) is 0.357. The van der Waals surface area contributed by atoms with Crippen LogP contribution in [0.4, 0.5) is 22.0 Å². The third-order valence-corrected chi connectivity index (χ3v) is 2.86. The zero-order valence-corrected chi connectivity index (χ0v) is 12.4. The van der Waals surface area contributed by atoms with Gasteiger partial charge in [0, 0.05) is 5.56 Å². The molecule has 10 heteroatoms. The first-order valence-corrected chi connectivity index (χ1v) is 6.47. The van der Waals surface area contributed by atoms with Gasteiger partial charge in [-0.1, -0.05) is 19.1 Å². The van der Waals surface area contributed by atoms with Crippen LogP contribution in [0.1, 0.15) is 57.4 Å². The van der Waals surface area contributed by atoms with Gasteiger partial charge in [0.15, 0.2) is 5.69 Å². The maximum atomic E-state index is 13.1. The summed E-state index contributed by atoms with van der Waals surface area (Å²) in [5.74, 6) is -3.47. The molecule has 0 unspecified atom stereocenters. The van der Waals surface area contributed by atoms with Crippen LogP contribution >= 0.6 is 0 Å². The predicted molar refractivity (Wildman–Crippen MR) is 71.8 cm³/mol. The Morgan fingerprint density at radius 3 is 2.25 bits per heavy atom. The number of esters is 1. The molecule has 1 aromatic heterocycles. The van der Waals surface area contributed by atoms with Gasteiger partial charge in [-0.2, -0.15) is 13.2 Å². The minimum Gasteiger partial charge on any atom is -0.478 e. The number of carbonyl (C=O) groups excluding carboxylic acids is 1. The molecule has 132 valence electrons. The van der Waals surface area contributed by atoms with Gasteiger partial charge >= 0.3 is 18.1 Å². The zero-order chi connectivity index (χ0) is 18.7. The molecule has 5 nitrogen and oxygen atoms in total. The molecule has 0 saturated carbocycles. The molecule has 0 aliphatic rings. The van der Waals surface area contributed by atoms with E-state index in [1.165, 1.54) is 6.08 Å². The highest BCUT2D eigenvalue weighted by Gasteiger charge is 2.42. The number of allylic oxidation sites excluding steroid dienone is 1. The molecular formula is C14H12F5NO4. The lowest BCUT2D eigenvalue weighted by Gasteiger charge is -2.17. The zero-order valence-electron chi connectivity index (χ0n) is 12.4. The van der Waals surface area contributed by atoms with Gasteiger partial charge in [0.25, 0.3) is 6.43 Å². The number of aromatic carboxylic acids is 1. The van der Waals surface area contributed by atoms with Crippen molar-refractivity contribution in [3.8, 4) is 0 Å². The molecule has 1 aromatic rings. The van der Waals surface area contributed by atoms with E-state index < -0.39 is 52.6 Å². The second-order valence-electron chi connectivity index (χ2n) is 4.42. The molecule has 0 aromatic carbocycles. The number of ether oxygens (including phenoxy) is 1. The summed E-state index contributed by atoms with van der Waals surface area (Å²) in [5.41, 5.74) is -6.72. The predicted octanol–water partition coefficient (Wildman–Crippen LogP) is 3.95. The fourth-order valence-corrected chi connectivity index (χ4v) is 1.92. The summed E-state index contributed by atoms with van der Waals surface area (Å²) >= 11 is 0. The van der Waals surface area contributed by atoms with Crippen molar-refractivity contribution in [3.63, 3.8) is 0 Å². The van der Waals surface area contributed by atoms with Gasteiger partial charge in [0.1, 0.15) is 5.69 Å². The maximum Gasteiger partial charge on any atom is 0.434 e. The summed E-state index contributed by atoms with van der Waals surface area (Å²) in [6.45, 7) is 1.58. The van der Waals surface area contributed by atoms with Gasteiger partial charge in [0.2, 0.25) is 0 Å². The first kappa shape index (κ1) is 19.5. The van der Waals surface area contributed by atoms with Gasteiger partial charge in [-0.05, 0) is 6.42 Å². The number of aromatic nitrogens is 1. The van der Waals surface area contributed by atoms with Crippen LogP contribution in [0, 0.1) is 0 Å². The topological polar surface area (TPSA) is 76.5 Å². The lowest BCUT2D eigenvalue weighted by molar-refractivity contribution is -0.142. The Balaban J connectivity index is 4.07. The van der Waals surface area contributed by atoms with Crippen LogP contribution in [0.15, 0.2) is 6.08 Å². The summed E-state index contributed by atoms with van der Waals surface area (Å²) in [6.07, 6.45) is -6.51. The summed E-state index contributed by atoms with van der Waals surface area (Å²) < 4.78 is 69.7. The average molecular weight is 353 g/mol. The molecule has 1 rings (SSSR count). The molecule has 0 saturated heterocycles. The Labute approximate surface area is 132 Å². The fourth-order valence-electron chi connectivity index (χ4n) is 1.92. The second-order valence-corrected chi connectivity index (χ2v) is 4.42. The molecule has 1 N–H and O–H groups in total. The van der Waals surface area contributed by atoms with Crippen molar-refractivity contribution < 1.29 is 41.4 Å². The largest absolute Gasteiger partial charge is 0.478 e. The van der Waals surface area contributed by atoms with Gasteiger partial charge in [-0.15, -0.1) is 0 Å². The highest BCUT2D eigenvalue weighted by molar-refractivity contribution is 6.02. The Morgan fingerprint density at radius 1 is 1.29 bits per heavy atom. The summed E-state index contributed by atoms with van der Waals surface area (Å²) in [5, 5.41) is 9.13. The molecular weight excluding hydrogens is 341 g/mol. The van der Waals surface area contributed by atoms with Crippen LogP contribution in [0.3, 0.4) is 0 Å². The minimum atomic E-state index is -5.26. The van der Waals surface area contributed by atoms with Crippen LogP contribution in [0.2, 0.25) is 0 Å². The van der Waals surface area contributed by atoms with E-state index in [9.17, 15) is 31.5 Å². The summed E-state index contributed by atoms with van der Waals surface area (Å²) in [7, 11) is 0.775. The number of hydrogen-bond acceptors (Lipinski definition) is 4. The molecule has 0 atom stereocenters. The van der Waals surface area contributed by atoms with Crippen LogP contribution < -0.4 is 0 Å². The van der Waals surface area contributed by atoms with Crippen molar-refractivity contribution in [2.75, 3.05) is 7.11 Å². The molecule has 0 aliphatic carbocycles. The second kappa shape index (κ2) is 7.37. The maximum absolute atomic E-state index is 13.1. The Morgan fingerprint density at radius 2 is 1.88 bits per heavy atom. The highest BCUT2D eigenvalue weighted by atomic mass is 19.4. The lowest BCUT2D eigenvalue weighted by atomic mass is 9.96. The molecule has 0 bridgehead atoms. The third-order valence-electron chi connectivity index (χ3n) is 2.86. The molecule has 0 aliphatic heterocycles. The number of alkyl halides is 5. The summed E-state index contributed by atoms with van der Waals surface area (Å²) in [4.78, 5) is 25.7. The Bertz CT molecular complexity index is 683. The van der Waals surface area contributed by atoms with Crippen molar-refractivity contribution in [2.45, 2.75) is 25.9 Å². The van der Waals surface area contributed by atoms with Crippen molar-refractivity contribution in [2.24, 2.45) is 0 Å². The van der Waals surface area contributed by atoms with E-state index in [4.69, 9.17) is 5.11 Å². The number of halogens is 5. The molecule has 0 amide bonds.